The summed E-state index contributed by atoms with van der Waals surface area (Å²) in [4.78, 5) is 10.6. The van der Waals surface area contributed by atoms with Gasteiger partial charge in [0.1, 0.15) is 12.4 Å². The molecular weight excluding hydrogens is 408 g/mol. The van der Waals surface area contributed by atoms with E-state index in [4.69, 9.17) is 21.1 Å². The molecule has 2 aromatic carbocycles. The van der Waals surface area contributed by atoms with Gasteiger partial charge in [0, 0.05) is 29.7 Å². The van der Waals surface area contributed by atoms with Crippen LogP contribution in [0.5, 0.6) is 11.5 Å². The maximum absolute atomic E-state index is 12.6. The minimum absolute atomic E-state index is 0.0350. The van der Waals surface area contributed by atoms with E-state index in [1.165, 1.54) is 23.5 Å². The third-order valence-electron chi connectivity index (χ3n) is 4.10. The monoisotopic (exact) mass is 428 g/mol. The van der Waals surface area contributed by atoms with Gasteiger partial charge in [-0.1, -0.05) is 25.4 Å². The topological polar surface area (TPSA) is 99.0 Å². The molecule has 0 radical (unpaired) electrons. The first-order valence-corrected chi connectivity index (χ1v) is 10.3. The standard InChI is InChI=1S/C18H21ClN2O6S/c1-4-20(5-2)28(24,25)15-7-9-18(16(11-15)21(22)23)27-12-13-10-14(19)6-8-17(13)26-3/h6-11H,4-5,12H2,1-3H3. The van der Waals surface area contributed by atoms with Crippen LogP contribution in [0, 0.1) is 10.1 Å². The number of rotatable bonds is 9. The minimum atomic E-state index is -3.82. The summed E-state index contributed by atoms with van der Waals surface area (Å²) < 4.78 is 37.2. The van der Waals surface area contributed by atoms with E-state index in [1.54, 1.807) is 32.0 Å². The molecule has 0 aliphatic rings. The normalized spacial score (nSPS) is 11.5. The molecule has 8 nitrogen and oxygen atoms in total. The Morgan fingerprint density at radius 3 is 2.32 bits per heavy atom. The van der Waals surface area contributed by atoms with Gasteiger partial charge >= 0.3 is 5.69 Å². The van der Waals surface area contributed by atoms with Crippen molar-refractivity contribution in [1.29, 1.82) is 0 Å². The molecule has 0 fully saturated rings. The highest BCUT2D eigenvalue weighted by Crippen LogP contribution is 2.32. The van der Waals surface area contributed by atoms with E-state index in [1.807, 2.05) is 0 Å². The molecule has 10 heteroatoms. The lowest BCUT2D eigenvalue weighted by atomic mass is 10.2. The van der Waals surface area contributed by atoms with Gasteiger partial charge in [0.25, 0.3) is 0 Å². The second-order valence-corrected chi connectivity index (χ2v) is 8.10. The van der Waals surface area contributed by atoms with Gasteiger partial charge in [-0.2, -0.15) is 4.31 Å². The number of nitro groups is 1. The molecule has 0 aliphatic carbocycles. The Hall–Kier alpha value is -2.36. The summed E-state index contributed by atoms with van der Waals surface area (Å²) in [6.07, 6.45) is 0. The van der Waals surface area contributed by atoms with Gasteiger partial charge in [-0.05, 0) is 30.3 Å². The number of hydrogen-bond acceptors (Lipinski definition) is 6. The van der Waals surface area contributed by atoms with E-state index < -0.39 is 20.6 Å². The maximum atomic E-state index is 12.6. The number of benzene rings is 2. The number of methoxy groups -OCH3 is 1. The lowest BCUT2D eigenvalue weighted by molar-refractivity contribution is -0.386. The second-order valence-electron chi connectivity index (χ2n) is 5.72. The first-order valence-electron chi connectivity index (χ1n) is 8.48. The third kappa shape index (κ3) is 4.73. The Balaban J connectivity index is 2.37. The number of hydrogen-bond donors (Lipinski definition) is 0. The van der Waals surface area contributed by atoms with Crippen LogP contribution in [-0.4, -0.2) is 37.8 Å². The average Bonchev–Trinajstić information content (AvgIpc) is 2.67. The molecule has 0 spiro atoms. The summed E-state index contributed by atoms with van der Waals surface area (Å²) in [6.45, 7) is 3.89. The van der Waals surface area contributed by atoms with Crippen LogP contribution in [-0.2, 0) is 16.6 Å². The van der Waals surface area contributed by atoms with Gasteiger partial charge in [0.2, 0.25) is 10.0 Å². The van der Waals surface area contributed by atoms with Crippen LogP contribution in [0.4, 0.5) is 5.69 Å². The van der Waals surface area contributed by atoms with Crippen molar-refractivity contribution in [2.75, 3.05) is 20.2 Å². The largest absolute Gasteiger partial charge is 0.496 e. The van der Waals surface area contributed by atoms with E-state index in [2.05, 4.69) is 0 Å². The second kappa shape index (κ2) is 9.22. The van der Waals surface area contributed by atoms with Crippen molar-refractivity contribution in [2.45, 2.75) is 25.3 Å². The van der Waals surface area contributed by atoms with Gasteiger partial charge in [-0.15, -0.1) is 0 Å². The molecule has 0 aliphatic heterocycles. The predicted molar refractivity (Wildman–Crippen MR) is 106 cm³/mol. The van der Waals surface area contributed by atoms with Crippen LogP contribution in [0.1, 0.15) is 19.4 Å². The van der Waals surface area contributed by atoms with Crippen molar-refractivity contribution in [3.05, 3.63) is 57.1 Å². The zero-order valence-electron chi connectivity index (χ0n) is 15.7. The maximum Gasteiger partial charge on any atom is 0.312 e. The van der Waals surface area contributed by atoms with Crippen molar-refractivity contribution in [2.24, 2.45) is 0 Å². The minimum Gasteiger partial charge on any atom is -0.496 e. The zero-order chi connectivity index (χ0) is 20.9. The lowest BCUT2D eigenvalue weighted by Crippen LogP contribution is -2.30. The molecule has 0 saturated heterocycles. The number of halogens is 1. The molecule has 0 heterocycles. The molecule has 0 aromatic heterocycles. The Kier molecular flexibility index (Phi) is 7.22. The first-order chi connectivity index (χ1) is 13.2. The predicted octanol–water partition coefficient (Wildman–Crippen LogP) is 3.87. The highest BCUT2D eigenvalue weighted by molar-refractivity contribution is 7.89. The van der Waals surface area contributed by atoms with Crippen LogP contribution >= 0.6 is 11.6 Å². The molecular formula is C18H21ClN2O6S. The van der Waals surface area contributed by atoms with E-state index in [9.17, 15) is 18.5 Å². The van der Waals surface area contributed by atoms with Crippen molar-refractivity contribution < 1.29 is 22.8 Å². The van der Waals surface area contributed by atoms with E-state index >= 15 is 0 Å². The summed E-state index contributed by atoms with van der Waals surface area (Å²) in [7, 11) is -2.33. The summed E-state index contributed by atoms with van der Waals surface area (Å²) in [5.41, 5.74) is 0.165. The molecule has 0 amide bonds. The van der Waals surface area contributed by atoms with Crippen LogP contribution in [0.2, 0.25) is 5.02 Å². The van der Waals surface area contributed by atoms with Gasteiger partial charge in [-0.3, -0.25) is 10.1 Å². The Labute approximate surface area is 168 Å². The van der Waals surface area contributed by atoms with E-state index in [0.717, 1.165) is 6.07 Å². The Bertz CT molecular complexity index is 961. The fourth-order valence-electron chi connectivity index (χ4n) is 2.65. The van der Waals surface area contributed by atoms with Crippen LogP contribution < -0.4 is 9.47 Å². The van der Waals surface area contributed by atoms with Crippen molar-refractivity contribution in [1.82, 2.24) is 4.31 Å². The third-order valence-corrected chi connectivity index (χ3v) is 6.38. The summed E-state index contributed by atoms with van der Waals surface area (Å²) in [5.74, 6) is 0.471. The Morgan fingerprint density at radius 1 is 1.11 bits per heavy atom. The first kappa shape index (κ1) is 21.9. The number of sulfonamides is 1. The summed E-state index contributed by atoms with van der Waals surface area (Å²) in [5, 5.41) is 11.9. The summed E-state index contributed by atoms with van der Waals surface area (Å²) in [6, 6.07) is 8.54. The molecule has 152 valence electrons. The summed E-state index contributed by atoms with van der Waals surface area (Å²) >= 11 is 5.97. The Morgan fingerprint density at radius 2 is 1.75 bits per heavy atom. The fourth-order valence-corrected chi connectivity index (χ4v) is 4.32. The lowest BCUT2D eigenvalue weighted by Gasteiger charge is -2.18. The smallest absolute Gasteiger partial charge is 0.312 e. The molecule has 28 heavy (non-hydrogen) atoms. The molecule has 0 N–H and O–H groups in total. The van der Waals surface area contributed by atoms with Crippen LogP contribution in [0.3, 0.4) is 0 Å². The van der Waals surface area contributed by atoms with Crippen LogP contribution in [0.25, 0.3) is 0 Å². The number of nitro benzene ring substituents is 1. The van der Waals surface area contributed by atoms with E-state index in [-0.39, 0.29) is 30.3 Å². The number of ether oxygens (including phenoxy) is 2. The quantitative estimate of drug-likeness (QED) is 0.444. The zero-order valence-corrected chi connectivity index (χ0v) is 17.3. The highest BCUT2D eigenvalue weighted by atomic mass is 35.5. The SMILES string of the molecule is CCN(CC)S(=O)(=O)c1ccc(OCc2cc(Cl)ccc2OC)c([N+](=O)[O-])c1. The molecule has 0 atom stereocenters. The molecule has 0 saturated carbocycles. The van der Waals surface area contributed by atoms with Gasteiger partial charge in [0.05, 0.1) is 16.9 Å². The molecule has 0 bridgehead atoms. The van der Waals surface area contributed by atoms with Gasteiger partial charge < -0.3 is 9.47 Å². The highest BCUT2D eigenvalue weighted by Gasteiger charge is 2.26. The van der Waals surface area contributed by atoms with E-state index in [0.29, 0.717) is 16.3 Å². The van der Waals surface area contributed by atoms with Crippen molar-refractivity contribution >= 4 is 27.3 Å². The fraction of sp³-hybridized carbons (Fsp3) is 0.333. The number of nitrogens with zero attached hydrogens (tertiary/aromatic N) is 2. The van der Waals surface area contributed by atoms with Gasteiger partial charge in [0.15, 0.2) is 5.75 Å². The van der Waals surface area contributed by atoms with Crippen molar-refractivity contribution in [3.8, 4) is 11.5 Å². The van der Waals surface area contributed by atoms with Crippen molar-refractivity contribution in [3.63, 3.8) is 0 Å². The molecule has 2 rings (SSSR count). The molecule has 0 unspecified atom stereocenters. The van der Waals surface area contributed by atoms with Gasteiger partial charge in [-0.25, -0.2) is 8.42 Å². The van der Waals surface area contributed by atoms with Crippen LogP contribution in [0.15, 0.2) is 41.3 Å². The molecule has 2 aromatic rings. The average molecular weight is 429 g/mol.